The third-order valence-corrected chi connectivity index (χ3v) is 7.03. The largest absolute Gasteiger partial charge is 0.481 e. The third kappa shape index (κ3) is 2.87. The Morgan fingerprint density at radius 1 is 1.08 bits per heavy atom. The van der Waals surface area contributed by atoms with Crippen molar-refractivity contribution in [1.29, 1.82) is 0 Å². The van der Waals surface area contributed by atoms with Gasteiger partial charge in [0.15, 0.2) is 0 Å². The Hall–Kier alpha value is -1.48. The van der Waals surface area contributed by atoms with Crippen molar-refractivity contribution < 1.29 is 4.74 Å². The predicted octanol–water partition coefficient (Wildman–Crippen LogP) is 5.62. The average Bonchev–Trinajstić information content (AvgIpc) is 3.17. The van der Waals surface area contributed by atoms with E-state index in [2.05, 4.69) is 49.6 Å². The van der Waals surface area contributed by atoms with Crippen LogP contribution in [0.4, 0.5) is 0 Å². The quantitative estimate of drug-likeness (QED) is 0.652. The van der Waals surface area contributed by atoms with Crippen LogP contribution in [0.2, 0.25) is 0 Å². The Kier molecular flexibility index (Phi) is 4.53. The molecule has 0 bridgehead atoms. The van der Waals surface area contributed by atoms with Crippen LogP contribution in [0.25, 0.3) is 0 Å². The highest BCUT2D eigenvalue weighted by Gasteiger charge is 2.60. The smallest absolute Gasteiger partial charge is 0.216 e. The Morgan fingerprint density at radius 2 is 1.80 bits per heavy atom. The van der Waals surface area contributed by atoms with Crippen molar-refractivity contribution in [2.75, 3.05) is 13.4 Å². The van der Waals surface area contributed by atoms with Gasteiger partial charge in [-0.2, -0.15) is 0 Å². The molecule has 2 nitrogen and oxygen atoms in total. The van der Waals surface area contributed by atoms with Crippen LogP contribution >= 0.6 is 11.8 Å². The summed E-state index contributed by atoms with van der Waals surface area (Å²) in [5.41, 5.74) is 3.83. The van der Waals surface area contributed by atoms with Gasteiger partial charge in [-0.05, 0) is 55.2 Å². The number of nitrogens with zero attached hydrogens (tertiary/aromatic N) is 1. The first kappa shape index (κ1) is 17.0. The standard InChI is InChI=1S/C22H27NOS/c1-15-8-13-20(23-21(15)24-2)22(14-19(22)16-6-4-5-7-16)17-9-11-18(25-3)12-10-17/h8-13,16,19H,4-7,14H2,1-3H3. The minimum Gasteiger partial charge on any atom is -0.481 e. The van der Waals surface area contributed by atoms with Crippen molar-refractivity contribution in [3.8, 4) is 5.88 Å². The molecule has 1 aromatic carbocycles. The van der Waals surface area contributed by atoms with E-state index in [1.807, 2.05) is 0 Å². The van der Waals surface area contributed by atoms with Gasteiger partial charge in [-0.15, -0.1) is 11.8 Å². The van der Waals surface area contributed by atoms with Gasteiger partial charge in [0.25, 0.3) is 0 Å². The zero-order chi connectivity index (χ0) is 17.4. The second-order valence-corrected chi connectivity index (χ2v) is 8.46. The molecular formula is C22H27NOS. The highest BCUT2D eigenvalue weighted by atomic mass is 32.2. The van der Waals surface area contributed by atoms with Gasteiger partial charge in [0.2, 0.25) is 5.88 Å². The molecule has 2 atom stereocenters. The van der Waals surface area contributed by atoms with Crippen molar-refractivity contribution in [2.24, 2.45) is 11.8 Å². The van der Waals surface area contributed by atoms with Gasteiger partial charge in [-0.1, -0.05) is 43.9 Å². The Morgan fingerprint density at radius 3 is 2.44 bits per heavy atom. The van der Waals surface area contributed by atoms with Crippen LogP contribution in [0.3, 0.4) is 0 Å². The summed E-state index contributed by atoms with van der Waals surface area (Å²) in [5.74, 6) is 2.36. The molecule has 2 saturated carbocycles. The van der Waals surface area contributed by atoms with Crippen LogP contribution < -0.4 is 4.74 Å². The fourth-order valence-electron chi connectivity index (χ4n) is 4.84. The normalized spacial score (nSPS) is 26.0. The number of benzene rings is 1. The first-order valence-corrected chi connectivity index (χ1v) is 10.6. The number of ether oxygens (including phenoxy) is 1. The van der Waals surface area contributed by atoms with Crippen LogP contribution in [0.15, 0.2) is 41.3 Å². The number of methoxy groups -OCH3 is 1. The molecule has 0 amide bonds. The molecule has 0 spiro atoms. The molecule has 2 aliphatic rings. The van der Waals surface area contributed by atoms with Crippen LogP contribution in [0, 0.1) is 18.8 Å². The van der Waals surface area contributed by atoms with Crippen molar-refractivity contribution >= 4 is 11.8 Å². The SMILES string of the molecule is COc1nc(C2(c3ccc(SC)cc3)CC2C2CCCC2)ccc1C. The number of hydrogen-bond donors (Lipinski definition) is 0. The topological polar surface area (TPSA) is 22.1 Å². The molecule has 1 heterocycles. The molecule has 4 rings (SSSR count). The first-order valence-electron chi connectivity index (χ1n) is 9.35. The number of thioether (sulfide) groups is 1. The fourth-order valence-corrected chi connectivity index (χ4v) is 5.25. The van der Waals surface area contributed by atoms with Gasteiger partial charge in [0.1, 0.15) is 0 Å². The van der Waals surface area contributed by atoms with Crippen LogP contribution in [0.5, 0.6) is 5.88 Å². The Balaban J connectivity index is 1.76. The van der Waals surface area contributed by atoms with Gasteiger partial charge >= 0.3 is 0 Å². The van der Waals surface area contributed by atoms with Gasteiger partial charge in [-0.3, -0.25) is 0 Å². The fraction of sp³-hybridized carbons (Fsp3) is 0.500. The lowest BCUT2D eigenvalue weighted by Crippen LogP contribution is -2.18. The van der Waals surface area contributed by atoms with Gasteiger partial charge in [0.05, 0.1) is 12.8 Å². The average molecular weight is 354 g/mol. The molecule has 2 unspecified atom stereocenters. The lowest BCUT2D eigenvalue weighted by Gasteiger charge is -2.22. The Bertz CT molecular complexity index is 751. The van der Waals surface area contributed by atoms with E-state index in [0.717, 1.165) is 23.3 Å². The summed E-state index contributed by atoms with van der Waals surface area (Å²) >= 11 is 1.80. The van der Waals surface area contributed by atoms with Crippen molar-refractivity contribution in [3.05, 3.63) is 53.2 Å². The zero-order valence-corrected chi connectivity index (χ0v) is 16.2. The summed E-state index contributed by atoms with van der Waals surface area (Å²) in [6, 6.07) is 13.6. The van der Waals surface area contributed by atoms with E-state index in [0.29, 0.717) is 0 Å². The first-order chi connectivity index (χ1) is 12.2. The summed E-state index contributed by atoms with van der Waals surface area (Å²) in [6.45, 7) is 2.07. The minimum atomic E-state index is 0.0902. The van der Waals surface area contributed by atoms with E-state index in [4.69, 9.17) is 9.72 Å². The minimum absolute atomic E-state index is 0.0902. The highest BCUT2D eigenvalue weighted by molar-refractivity contribution is 7.98. The third-order valence-electron chi connectivity index (χ3n) is 6.29. The number of rotatable bonds is 5. The van der Waals surface area contributed by atoms with Crippen LogP contribution in [-0.4, -0.2) is 18.3 Å². The van der Waals surface area contributed by atoms with E-state index in [1.165, 1.54) is 48.3 Å². The molecule has 0 radical (unpaired) electrons. The molecule has 2 fully saturated rings. The molecule has 3 heteroatoms. The molecular weight excluding hydrogens is 326 g/mol. The predicted molar refractivity (Wildman–Crippen MR) is 105 cm³/mol. The maximum absolute atomic E-state index is 5.53. The summed E-state index contributed by atoms with van der Waals surface area (Å²) in [4.78, 5) is 6.26. The molecule has 2 aromatic rings. The summed E-state index contributed by atoms with van der Waals surface area (Å²) in [5, 5.41) is 0. The molecule has 1 aromatic heterocycles. The van der Waals surface area contributed by atoms with E-state index in [-0.39, 0.29) is 5.41 Å². The Labute approximate surface area is 155 Å². The maximum Gasteiger partial charge on any atom is 0.216 e. The monoisotopic (exact) mass is 353 g/mol. The summed E-state index contributed by atoms with van der Waals surface area (Å²) in [6.07, 6.45) is 8.93. The van der Waals surface area contributed by atoms with E-state index < -0.39 is 0 Å². The van der Waals surface area contributed by atoms with Gasteiger partial charge < -0.3 is 4.74 Å². The maximum atomic E-state index is 5.53. The van der Waals surface area contributed by atoms with Crippen molar-refractivity contribution in [2.45, 2.75) is 49.3 Å². The molecule has 0 saturated heterocycles. The number of aromatic nitrogens is 1. The lowest BCUT2D eigenvalue weighted by molar-refractivity contribution is 0.389. The second kappa shape index (κ2) is 6.68. The van der Waals surface area contributed by atoms with E-state index in [9.17, 15) is 0 Å². The molecule has 0 aliphatic heterocycles. The van der Waals surface area contributed by atoms with E-state index in [1.54, 1.807) is 18.9 Å². The number of pyridine rings is 1. The zero-order valence-electron chi connectivity index (χ0n) is 15.4. The van der Waals surface area contributed by atoms with Crippen molar-refractivity contribution in [1.82, 2.24) is 4.98 Å². The highest BCUT2D eigenvalue weighted by Crippen LogP contribution is 2.64. The van der Waals surface area contributed by atoms with Crippen molar-refractivity contribution in [3.63, 3.8) is 0 Å². The molecule has 2 aliphatic carbocycles. The van der Waals surface area contributed by atoms with Gasteiger partial charge in [0, 0.05) is 15.9 Å². The summed E-state index contributed by atoms with van der Waals surface area (Å²) in [7, 11) is 1.72. The molecule has 25 heavy (non-hydrogen) atoms. The van der Waals surface area contributed by atoms with Crippen LogP contribution in [-0.2, 0) is 5.41 Å². The number of hydrogen-bond acceptors (Lipinski definition) is 3. The van der Waals surface area contributed by atoms with E-state index >= 15 is 0 Å². The van der Waals surface area contributed by atoms with Crippen LogP contribution in [0.1, 0.15) is 48.9 Å². The lowest BCUT2D eigenvalue weighted by atomic mass is 9.84. The second-order valence-electron chi connectivity index (χ2n) is 7.58. The molecule has 0 N–H and O–H groups in total. The summed E-state index contributed by atoms with van der Waals surface area (Å²) < 4.78 is 5.53. The number of aryl methyl sites for hydroxylation is 1. The molecule has 132 valence electrons. The van der Waals surface area contributed by atoms with Gasteiger partial charge in [-0.25, -0.2) is 4.98 Å².